The second-order valence-electron chi connectivity index (χ2n) is 3.30. The molecular formula is C9H10ClN3O3. The van der Waals surface area contributed by atoms with Crippen LogP contribution in [0.25, 0.3) is 0 Å². The van der Waals surface area contributed by atoms with Crippen LogP contribution in [-0.4, -0.2) is 27.4 Å². The predicted molar refractivity (Wildman–Crippen MR) is 58.1 cm³/mol. The Bertz CT molecular complexity index is 485. The van der Waals surface area contributed by atoms with Crippen molar-refractivity contribution < 1.29 is 9.84 Å². The first kappa shape index (κ1) is 11.1. The van der Waals surface area contributed by atoms with Crippen LogP contribution in [0.2, 0.25) is 5.02 Å². The van der Waals surface area contributed by atoms with Crippen LogP contribution < -0.4 is 11.4 Å². The molecule has 0 spiro atoms. The number of nitrogens with zero attached hydrogens (tertiary/aromatic N) is 2. The van der Waals surface area contributed by atoms with Gasteiger partial charge in [0.05, 0.1) is 11.6 Å². The zero-order chi connectivity index (χ0) is 11.7. The second-order valence-corrected chi connectivity index (χ2v) is 3.70. The lowest BCUT2D eigenvalue weighted by Gasteiger charge is -2.15. The van der Waals surface area contributed by atoms with Gasteiger partial charge in [-0.1, -0.05) is 17.7 Å². The Morgan fingerprint density at radius 1 is 1.62 bits per heavy atom. The van der Waals surface area contributed by atoms with Crippen LogP contribution >= 0.6 is 11.6 Å². The number of aliphatic hydroxyl groups is 1. The summed E-state index contributed by atoms with van der Waals surface area (Å²) in [4.78, 5) is 15.1. The van der Waals surface area contributed by atoms with Gasteiger partial charge in [-0.2, -0.15) is 4.98 Å². The maximum atomic E-state index is 11.5. The first-order valence-electron chi connectivity index (χ1n) is 4.60. The molecule has 2 rings (SSSR count). The molecule has 1 aliphatic heterocycles. The van der Waals surface area contributed by atoms with Crippen molar-refractivity contribution in [2.24, 2.45) is 0 Å². The summed E-state index contributed by atoms with van der Waals surface area (Å²) in [5.41, 5.74) is 4.84. The van der Waals surface area contributed by atoms with Crippen molar-refractivity contribution >= 4 is 17.4 Å². The minimum atomic E-state index is -0.602. The molecule has 0 aromatic carbocycles. The van der Waals surface area contributed by atoms with E-state index in [1.807, 2.05) is 0 Å². The maximum Gasteiger partial charge on any atom is 0.351 e. The third kappa shape index (κ3) is 1.95. The minimum Gasteiger partial charge on any atom is -0.393 e. The molecule has 1 aliphatic rings. The fraction of sp³-hybridized carbons (Fsp3) is 0.333. The van der Waals surface area contributed by atoms with Crippen molar-refractivity contribution in [3.63, 3.8) is 0 Å². The highest BCUT2D eigenvalue weighted by molar-refractivity contribution is 6.32. The number of ether oxygens (including phenoxy) is 1. The number of nitrogens with two attached hydrogens (primary N) is 1. The summed E-state index contributed by atoms with van der Waals surface area (Å²) < 4.78 is 6.55. The summed E-state index contributed by atoms with van der Waals surface area (Å²) in [7, 11) is 0. The number of hydrogen-bond donors (Lipinski definition) is 2. The van der Waals surface area contributed by atoms with E-state index in [1.165, 1.54) is 10.8 Å². The summed E-state index contributed by atoms with van der Waals surface area (Å²) in [5, 5.41) is 9.06. The third-order valence-electron chi connectivity index (χ3n) is 2.19. The van der Waals surface area contributed by atoms with E-state index >= 15 is 0 Å². The van der Waals surface area contributed by atoms with E-state index in [-0.39, 0.29) is 17.4 Å². The molecule has 0 aliphatic carbocycles. The second kappa shape index (κ2) is 4.25. The van der Waals surface area contributed by atoms with Gasteiger partial charge in [0.15, 0.2) is 6.23 Å². The molecule has 6 nitrogen and oxygen atoms in total. The van der Waals surface area contributed by atoms with Gasteiger partial charge in [0.2, 0.25) is 0 Å². The molecular weight excluding hydrogens is 234 g/mol. The van der Waals surface area contributed by atoms with Crippen LogP contribution in [-0.2, 0) is 4.74 Å². The number of rotatable bonds is 2. The quantitative estimate of drug-likeness (QED) is 0.710. The summed E-state index contributed by atoms with van der Waals surface area (Å²) in [6.07, 6.45) is 3.67. The van der Waals surface area contributed by atoms with Crippen LogP contribution in [0.4, 0.5) is 5.82 Å². The largest absolute Gasteiger partial charge is 0.393 e. The zero-order valence-corrected chi connectivity index (χ0v) is 8.96. The Labute approximate surface area is 95.9 Å². The molecule has 16 heavy (non-hydrogen) atoms. The lowest BCUT2D eigenvalue weighted by molar-refractivity contribution is -0.0102. The molecule has 3 N–H and O–H groups in total. The van der Waals surface area contributed by atoms with Gasteiger partial charge in [0.1, 0.15) is 11.9 Å². The van der Waals surface area contributed by atoms with E-state index in [2.05, 4.69) is 4.98 Å². The molecule has 1 aromatic heterocycles. The van der Waals surface area contributed by atoms with Crippen LogP contribution in [0.1, 0.15) is 6.23 Å². The van der Waals surface area contributed by atoms with Gasteiger partial charge in [-0.25, -0.2) is 4.79 Å². The Morgan fingerprint density at radius 3 is 3.00 bits per heavy atom. The standard InChI is InChI=1S/C9H10ClN3O3/c10-6-3-13(9(15)12-8(6)11)7-2-1-5(4-14)16-7/h1-3,5,7,14H,4H2,(H2,11,12,15)/t5-,7+/m0/s1. The fourth-order valence-electron chi connectivity index (χ4n) is 1.39. The summed E-state index contributed by atoms with van der Waals surface area (Å²) >= 11 is 5.76. The Balaban J connectivity index is 2.33. The molecule has 0 amide bonds. The number of aromatic nitrogens is 2. The number of nitrogen functional groups attached to an aromatic ring is 1. The van der Waals surface area contributed by atoms with Crippen molar-refractivity contribution in [3.05, 3.63) is 33.9 Å². The first-order valence-corrected chi connectivity index (χ1v) is 4.98. The van der Waals surface area contributed by atoms with E-state index in [4.69, 9.17) is 27.2 Å². The number of halogens is 1. The summed E-state index contributed by atoms with van der Waals surface area (Å²) in [6, 6.07) is 0. The van der Waals surface area contributed by atoms with Crippen LogP contribution in [0.3, 0.4) is 0 Å². The van der Waals surface area contributed by atoms with E-state index in [1.54, 1.807) is 12.2 Å². The molecule has 0 saturated heterocycles. The molecule has 0 saturated carbocycles. The zero-order valence-electron chi connectivity index (χ0n) is 8.21. The van der Waals surface area contributed by atoms with E-state index < -0.39 is 18.0 Å². The highest BCUT2D eigenvalue weighted by Gasteiger charge is 2.21. The van der Waals surface area contributed by atoms with Gasteiger partial charge in [-0.3, -0.25) is 4.57 Å². The molecule has 0 radical (unpaired) electrons. The fourth-order valence-corrected chi connectivity index (χ4v) is 1.54. The average molecular weight is 244 g/mol. The number of aliphatic hydroxyl groups excluding tert-OH is 1. The van der Waals surface area contributed by atoms with Crippen LogP contribution in [0, 0.1) is 0 Å². The van der Waals surface area contributed by atoms with Crippen molar-refractivity contribution in [2.75, 3.05) is 12.3 Å². The van der Waals surface area contributed by atoms with Gasteiger partial charge < -0.3 is 15.6 Å². The number of anilines is 1. The molecule has 0 fully saturated rings. The molecule has 2 heterocycles. The molecule has 0 unspecified atom stereocenters. The Hall–Kier alpha value is -1.37. The van der Waals surface area contributed by atoms with E-state index in [0.29, 0.717) is 0 Å². The van der Waals surface area contributed by atoms with Crippen molar-refractivity contribution in [1.82, 2.24) is 9.55 Å². The van der Waals surface area contributed by atoms with Gasteiger partial charge in [-0.05, 0) is 6.08 Å². The Kier molecular flexibility index (Phi) is 2.95. The third-order valence-corrected chi connectivity index (χ3v) is 2.48. The van der Waals surface area contributed by atoms with E-state index in [0.717, 1.165) is 0 Å². The van der Waals surface area contributed by atoms with Crippen molar-refractivity contribution in [2.45, 2.75) is 12.3 Å². The minimum absolute atomic E-state index is 0.0106. The molecule has 7 heteroatoms. The maximum absolute atomic E-state index is 11.5. The lowest BCUT2D eigenvalue weighted by atomic mass is 10.4. The average Bonchev–Trinajstić information content (AvgIpc) is 2.71. The van der Waals surface area contributed by atoms with Gasteiger partial charge in [0, 0.05) is 6.20 Å². The van der Waals surface area contributed by atoms with Crippen LogP contribution in [0.15, 0.2) is 23.1 Å². The van der Waals surface area contributed by atoms with Crippen LogP contribution in [0.5, 0.6) is 0 Å². The Morgan fingerprint density at radius 2 is 2.38 bits per heavy atom. The lowest BCUT2D eigenvalue weighted by Crippen LogP contribution is -2.28. The van der Waals surface area contributed by atoms with Crippen molar-refractivity contribution in [3.8, 4) is 0 Å². The number of hydrogen-bond acceptors (Lipinski definition) is 5. The first-order chi connectivity index (χ1) is 7.61. The van der Waals surface area contributed by atoms with Crippen molar-refractivity contribution in [1.29, 1.82) is 0 Å². The topological polar surface area (TPSA) is 90.4 Å². The highest BCUT2D eigenvalue weighted by atomic mass is 35.5. The van der Waals surface area contributed by atoms with Gasteiger partial charge in [0.25, 0.3) is 0 Å². The predicted octanol–water partition coefficient (Wildman–Crippen LogP) is -0.0752. The molecule has 86 valence electrons. The normalized spacial score (nSPS) is 23.9. The van der Waals surface area contributed by atoms with E-state index in [9.17, 15) is 4.79 Å². The van der Waals surface area contributed by atoms with Gasteiger partial charge in [-0.15, -0.1) is 0 Å². The molecule has 2 atom stereocenters. The molecule has 1 aromatic rings. The summed E-state index contributed by atoms with van der Waals surface area (Å²) in [6.45, 7) is -0.141. The summed E-state index contributed by atoms with van der Waals surface area (Å²) in [5.74, 6) is -0.0106. The highest BCUT2D eigenvalue weighted by Crippen LogP contribution is 2.21. The van der Waals surface area contributed by atoms with Gasteiger partial charge >= 0.3 is 5.69 Å². The molecule has 0 bridgehead atoms. The SMILES string of the molecule is Nc1nc(=O)n([C@H]2C=C[C@@H](CO)O2)cc1Cl. The monoisotopic (exact) mass is 243 g/mol. The smallest absolute Gasteiger partial charge is 0.351 e.